The van der Waals surface area contributed by atoms with Gasteiger partial charge in [-0.1, -0.05) is 29.8 Å². The molecule has 5 heteroatoms. The minimum atomic E-state index is -3.33. The number of sulfonamides is 1. The van der Waals surface area contributed by atoms with Gasteiger partial charge < -0.3 is 4.42 Å². The maximum atomic E-state index is 12.1. The van der Waals surface area contributed by atoms with Gasteiger partial charge in [-0.15, -0.1) is 0 Å². The average Bonchev–Trinajstić information content (AvgIpc) is 2.79. The van der Waals surface area contributed by atoms with Crippen LogP contribution in [0.25, 0.3) is 0 Å². The summed E-state index contributed by atoms with van der Waals surface area (Å²) in [5.41, 5.74) is 2.84. The van der Waals surface area contributed by atoms with Crippen LogP contribution in [0.1, 0.15) is 23.6 Å². The molecule has 1 aromatic heterocycles. The third-order valence-corrected chi connectivity index (χ3v) is 4.42. The summed E-state index contributed by atoms with van der Waals surface area (Å²) < 4.78 is 31.9. The van der Waals surface area contributed by atoms with Gasteiger partial charge in [-0.25, -0.2) is 13.1 Å². The van der Waals surface area contributed by atoms with Crippen LogP contribution in [-0.4, -0.2) is 14.5 Å². The Morgan fingerprint density at radius 1 is 1.25 bits per heavy atom. The Bertz CT molecular complexity index is 648. The Hall–Kier alpha value is -1.59. The van der Waals surface area contributed by atoms with Gasteiger partial charge in [0.1, 0.15) is 0 Å². The quantitative estimate of drug-likeness (QED) is 0.890. The minimum absolute atomic E-state index is 0.00437. The standard InChI is InChI=1S/C15H19NO3S/c1-12-4-3-5-15(8-12)11-20(17,18)16-13(2)9-14-6-7-19-10-14/h3-8,10,13,16H,9,11H2,1-2H3. The SMILES string of the molecule is Cc1cccc(CS(=O)(=O)NC(C)Cc2ccoc2)c1. The molecule has 20 heavy (non-hydrogen) atoms. The Morgan fingerprint density at radius 3 is 2.70 bits per heavy atom. The number of rotatable bonds is 6. The first-order chi connectivity index (χ1) is 9.44. The van der Waals surface area contributed by atoms with Crippen LogP contribution in [-0.2, 0) is 22.2 Å². The second kappa shape index (κ2) is 6.24. The summed E-state index contributed by atoms with van der Waals surface area (Å²) in [6, 6.07) is 9.21. The van der Waals surface area contributed by atoms with Crippen molar-refractivity contribution >= 4 is 10.0 Å². The lowest BCUT2D eigenvalue weighted by atomic mass is 10.1. The van der Waals surface area contributed by atoms with Crippen LogP contribution in [0, 0.1) is 6.92 Å². The van der Waals surface area contributed by atoms with Crippen LogP contribution in [0.2, 0.25) is 0 Å². The van der Waals surface area contributed by atoms with Crippen LogP contribution in [0.5, 0.6) is 0 Å². The molecule has 0 aliphatic rings. The molecule has 0 saturated heterocycles. The van der Waals surface area contributed by atoms with E-state index in [2.05, 4.69) is 4.72 Å². The lowest BCUT2D eigenvalue weighted by Crippen LogP contribution is -2.34. The Kier molecular flexibility index (Phi) is 4.62. The van der Waals surface area contributed by atoms with E-state index in [0.717, 1.165) is 16.7 Å². The predicted molar refractivity (Wildman–Crippen MR) is 78.8 cm³/mol. The van der Waals surface area contributed by atoms with Gasteiger partial charge in [0.25, 0.3) is 0 Å². The number of benzene rings is 1. The summed E-state index contributed by atoms with van der Waals surface area (Å²) in [5.74, 6) is 0.00437. The molecule has 1 heterocycles. The number of furan rings is 1. The Labute approximate surface area is 119 Å². The van der Waals surface area contributed by atoms with Crippen molar-refractivity contribution in [2.45, 2.75) is 32.1 Å². The summed E-state index contributed by atoms with van der Waals surface area (Å²) in [7, 11) is -3.33. The molecular weight excluding hydrogens is 274 g/mol. The van der Waals surface area contributed by atoms with E-state index in [4.69, 9.17) is 4.42 Å². The molecule has 0 fully saturated rings. The van der Waals surface area contributed by atoms with Crippen molar-refractivity contribution in [3.05, 3.63) is 59.5 Å². The average molecular weight is 293 g/mol. The lowest BCUT2D eigenvalue weighted by molar-refractivity contribution is 0.548. The molecule has 0 spiro atoms. The third kappa shape index (κ3) is 4.51. The minimum Gasteiger partial charge on any atom is -0.472 e. The smallest absolute Gasteiger partial charge is 0.216 e. The number of hydrogen-bond acceptors (Lipinski definition) is 3. The summed E-state index contributed by atoms with van der Waals surface area (Å²) in [6.07, 6.45) is 3.83. The zero-order valence-corrected chi connectivity index (χ0v) is 12.5. The molecule has 0 amide bonds. The maximum absolute atomic E-state index is 12.1. The molecule has 1 unspecified atom stereocenters. The van der Waals surface area contributed by atoms with Gasteiger partial charge in [-0.2, -0.15) is 0 Å². The summed E-state index contributed by atoms with van der Waals surface area (Å²) in [4.78, 5) is 0. The molecule has 1 atom stereocenters. The van der Waals surface area contributed by atoms with E-state index in [1.54, 1.807) is 12.5 Å². The van der Waals surface area contributed by atoms with E-state index in [0.29, 0.717) is 6.42 Å². The molecule has 0 aliphatic heterocycles. The second-order valence-electron chi connectivity index (χ2n) is 5.10. The summed E-state index contributed by atoms with van der Waals surface area (Å²) >= 11 is 0. The molecule has 0 radical (unpaired) electrons. The van der Waals surface area contributed by atoms with Gasteiger partial charge in [0, 0.05) is 6.04 Å². The number of nitrogens with one attached hydrogen (secondary N) is 1. The molecule has 0 saturated carbocycles. The van der Waals surface area contributed by atoms with Gasteiger partial charge in [-0.05, 0) is 37.5 Å². The molecule has 2 aromatic rings. The van der Waals surface area contributed by atoms with E-state index < -0.39 is 10.0 Å². The molecule has 2 rings (SSSR count). The zero-order valence-electron chi connectivity index (χ0n) is 11.7. The zero-order chi connectivity index (χ0) is 14.6. The van der Waals surface area contributed by atoms with E-state index in [9.17, 15) is 8.42 Å². The highest BCUT2D eigenvalue weighted by Gasteiger charge is 2.16. The van der Waals surface area contributed by atoms with Crippen molar-refractivity contribution in [1.29, 1.82) is 0 Å². The fraction of sp³-hybridized carbons (Fsp3) is 0.333. The highest BCUT2D eigenvalue weighted by molar-refractivity contribution is 7.88. The van der Waals surface area contributed by atoms with Gasteiger partial charge in [0.15, 0.2) is 0 Å². The number of hydrogen-bond donors (Lipinski definition) is 1. The van der Waals surface area contributed by atoms with E-state index in [1.165, 1.54) is 0 Å². The van der Waals surface area contributed by atoms with E-state index in [-0.39, 0.29) is 11.8 Å². The van der Waals surface area contributed by atoms with E-state index in [1.807, 2.05) is 44.2 Å². The monoisotopic (exact) mass is 293 g/mol. The lowest BCUT2D eigenvalue weighted by Gasteiger charge is -2.13. The van der Waals surface area contributed by atoms with Crippen LogP contribution in [0.3, 0.4) is 0 Å². The van der Waals surface area contributed by atoms with Crippen LogP contribution in [0.15, 0.2) is 47.3 Å². The first kappa shape index (κ1) is 14.8. The fourth-order valence-electron chi connectivity index (χ4n) is 2.17. The Morgan fingerprint density at radius 2 is 2.05 bits per heavy atom. The molecule has 1 N–H and O–H groups in total. The molecule has 1 aromatic carbocycles. The van der Waals surface area contributed by atoms with Gasteiger partial charge >= 0.3 is 0 Å². The highest BCUT2D eigenvalue weighted by Crippen LogP contribution is 2.10. The maximum Gasteiger partial charge on any atom is 0.216 e. The Balaban J connectivity index is 1.96. The van der Waals surface area contributed by atoms with Crippen LogP contribution >= 0.6 is 0 Å². The number of aryl methyl sites for hydroxylation is 1. The normalized spacial score (nSPS) is 13.3. The van der Waals surface area contributed by atoms with Crippen LogP contribution in [0.4, 0.5) is 0 Å². The highest BCUT2D eigenvalue weighted by atomic mass is 32.2. The molecule has 4 nitrogen and oxygen atoms in total. The third-order valence-electron chi connectivity index (χ3n) is 2.94. The van der Waals surface area contributed by atoms with Gasteiger partial charge in [-0.3, -0.25) is 0 Å². The van der Waals surface area contributed by atoms with Gasteiger partial charge in [0.2, 0.25) is 10.0 Å². The molecular formula is C15H19NO3S. The van der Waals surface area contributed by atoms with E-state index >= 15 is 0 Å². The first-order valence-corrected chi connectivity index (χ1v) is 8.16. The summed E-state index contributed by atoms with van der Waals surface area (Å²) in [5, 5.41) is 0. The van der Waals surface area contributed by atoms with Crippen molar-refractivity contribution in [2.24, 2.45) is 0 Å². The topological polar surface area (TPSA) is 59.3 Å². The molecule has 0 bridgehead atoms. The van der Waals surface area contributed by atoms with Crippen molar-refractivity contribution in [2.75, 3.05) is 0 Å². The first-order valence-electron chi connectivity index (χ1n) is 6.51. The molecule has 0 aliphatic carbocycles. The fourth-order valence-corrected chi connectivity index (χ4v) is 3.57. The van der Waals surface area contributed by atoms with Crippen LogP contribution < -0.4 is 4.72 Å². The molecule has 108 valence electrons. The van der Waals surface area contributed by atoms with Crippen molar-refractivity contribution in [1.82, 2.24) is 4.72 Å². The second-order valence-corrected chi connectivity index (χ2v) is 6.86. The van der Waals surface area contributed by atoms with Crippen molar-refractivity contribution < 1.29 is 12.8 Å². The largest absolute Gasteiger partial charge is 0.472 e. The summed E-state index contributed by atoms with van der Waals surface area (Å²) in [6.45, 7) is 3.80. The predicted octanol–water partition coefficient (Wildman–Crippen LogP) is 2.64. The van der Waals surface area contributed by atoms with Gasteiger partial charge in [0.05, 0.1) is 18.3 Å². The van der Waals surface area contributed by atoms with Crippen molar-refractivity contribution in [3.8, 4) is 0 Å². The van der Waals surface area contributed by atoms with Crippen molar-refractivity contribution in [3.63, 3.8) is 0 Å².